The number of anilines is 1. The fourth-order valence-corrected chi connectivity index (χ4v) is 1.80. The van der Waals surface area contributed by atoms with Crippen LogP contribution in [0.5, 0.6) is 0 Å². The van der Waals surface area contributed by atoms with Crippen LogP contribution >= 0.6 is 0 Å². The number of hydrogen-bond acceptors (Lipinski definition) is 2. The molecule has 1 aromatic carbocycles. The summed E-state index contributed by atoms with van der Waals surface area (Å²) in [6.07, 6.45) is 2.06. The van der Waals surface area contributed by atoms with Crippen LogP contribution in [0.4, 0.5) is 10.1 Å². The maximum Gasteiger partial charge on any atom is 0.238 e. The molecule has 0 fully saturated rings. The Hall–Kier alpha value is -1.42. The molecule has 0 aliphatic rings. The van der Waals surface area contributed by atoms with Crippen molar-refractivity contribution < 1.29 is 9.18 Å². The van der Waals surface area contributed by atoms with Crippen molar-refractivity contribution in [2.75, 3.05) is 11.9 Å². The Morgan fingerprint density at radius 2 is 2.11 bits per heavy atom. The lowest BCUT2D eigenvalue weighted by atomic mass is 9.99. The largest absolute Gasteiger partial charge is 0.325 e. The molecule has 0 unspecified atom stereocenters. The van der Waals surface area contributed by atoms with E-state index in [1.807, 2.05) is 0 Å². The fraction of sp³-hybridized carbons (Fsp3) is 0.500. The molecule has 0 radical (unpaired) electrons. The van der Waals surface area contributed by atoms with Gasteiger partial charge in [0.15, 0.2) is 0 Å². The molecule has 100 valence electrons. The second-order valence-corrected chi connectivity index (χ2v) is 5.05. The average molecular weight is 252 g/mol. The van der Waals surface area contributed by atoms with Crippen molar-refractivity contribution in [2.24, 2.45) is 0 Å². The molecule has 1 amide bonds. The molecule has 0 saturated carbocycles. The minimum atomic E-state index is -0.355. The van der Waals surface area contributed by atoms with Crippen LogP contribution < -0.4 is 10.6 Å². The Kier molecular flexibility index (Phi) is 5.28. The zero-order valence-corrected chi connectivity index (χ0v) is 11.2. The van der Waals surface area contributed by atoms with Crippen molar-refractivity contribution in [1.29, 1.82) is 0 Å². The van der Waals surface area contributed by atoms with Gasteiger partial charge in [-0.3, -0.25) is 4.79 Å². The van der Waals surface area contributed by atoms with E-state index in [1.165, 1.54) is 12.1 Å². The van der Waals surface area contributed by atoms with Crippen LogP contribution in [0.15, 0.2) is 24.3 Å². The summed E-state index contributed by atoms with van der Waals surface area (Å²) in [7, 11) is 0. The topological polar surface area (TPSA) is 41.1 Å². The van der Waals surface area contributed by atoms with Crippen LogP contribution in [-0.2, 0) is 4.79 Å². The summed E-state index contributed by atoms with van der Waals surface area (Å²) in [5.41, 5.74) is 0.420. The van der Waals surface area contributed by atoms with E-state index in [2.05, 4.69) is 31.4 Å². The molecule has 0 aromatic heterocycles. The number of carbonyl (C=O) groups is 1. The minimum Gasteiger partial charge on any atom is -0.325 e. The molecule has 0 heterocycles. The van der Waals surface area contributed by atoms with Gasteiger partial charge in [-0.2, -0.15) is 0 Å². The Morgan fingerprint density at radius 1 is 1.39 bits per heavy atom. The molecular formula is C14H21FN2O. The van der Waals surface area contributed by atoms with E-state index in [4.69, 9.17) is 0 Å². The first-order valence-corrected chi connectivity index (χ1v) is 6.23. The van der Waals surface area contributed by atoms with Gasteiger partial charge in [0, 0.05) is 11.2 Å². The summed E-state index contributed by atoms with van der Waals surface area (Å²) < 4.78 is 12.9. The van der Waals surface area contributed by atoms with E-state index in [9.17, 15) is 9.18 Å². The monoisotopic (exact) mass is 252 g/mol. The van der Waals surface area contributed by atoms with Gasteiger partial charge in [0.1, 0.15) is 5.82 Å². The molecule has 1 rings (SSSR count). The molecule has 0 saturated heterocycles. The maximum absolute atomic E-state index is 12.9. The van der Waals surface area contributed by atoms with E-state index in [-0.39, 0.29) is 23.8 Å². The molecular weight excluding hydrogens is 231 g/mol. The number of nitrogens with one attached hydrogen (secondary N) is 2. The summed E-state index contributed by atoms with van der Waals surface area (Å²) in [6.45, 7) is 6.46. The van der Waals surface area contributed by atoms with Gasteiger partial charge in [-0.25, -0.2) is 4.39 Å². The van der Waals surface area contributed by atoms with Crippen molar-refractivity contribution in [1.82, 2.24) is 5.32 Å². The van der Waals surface area contributed by atoms with Crippen LogP contribution in [0.3, 0.4) is 0 Å². The molecule has 0 atom stereocenters. The number of halogens is 1. The van der Waals surface area contributed by atoms with Crippen LogP contribution in [0.25, 0.3) is 0 Å². The van der Waals surface area contributed by atoms with Crippen molar-refractivity contribution in [3.8, 4) is 0 Å². The first-order valence-electron chi connectivity index (χ1n) is 6.23. The number of carbonyl (C=O) groups excluding carboxylic acids is 1. The maximum atomic E-state index is 12.9. The van der Waals surface area contributed by atoms with E-state index >= 15 is 0 Å². The molecule has 0 aliphatic carbocycles. The van der Waals surface area contributed by atoms with E-state index in [0.717, 1.165) is 12.8 Å². The number of rotatable bonds is 6. The summed E-state index contributed by atoms with van der Waals surface area (Å²) in [5, 5.41) is 5.84. The van der Waals surface area contributed by atoms with E-state index in [0.29, 0.717) is 5.69 Å². The van der Waals surface area contributed by atoms with Gasteiger partial charge in [-0.1, -0.05) is 19.4 Å². The SMILES string of the molecule is CCCC(C)(C)NCC(=O)Nc1cccc(F)c1. The smallest absolute Gasteiger partial charge is 0.238 e. The average Bonchev–Trinajstić information content (AvgIpc) is 2.26. The number of amides is 1. The first kappa shape index (κ1) is 14.6. The van der Waals surface area contributed by atoms with Gasteiger partial charge >= 0.3 is 0 Å². The van der Waals surface area contributed by atoms with Crippen LogP contribution in [0.1, 0.15) is 33.6 Å². The Morgan fingerprint density at radius 3 is 2.72 bits per heavy atom. The normalized spacial score (nSPS) is 11.3. The summed E-state index contributed by atoms with van der Waals surface area (Å²) in [5.74, 6) is -0.517. The molecule has 0 spiro atoms. The van der Waals surface area contributed by atoms with E-state index in [1.54, 1.807) is 12.1 Å². The van der Waals surface area contributed by atoms with Gasteiger partial charge in [0.2, 0.25) is 5.91 Å². The van der Waals surface area contributed by atoms with Crippen LogP contribution in [-0.4, -0.2) is 18.0 Å². The van der Waals surface area contributed by atoms with Crippen molar-refractivity contribution in [3.05, 3.63) is 30.1 Å². The van der Waals surface area contributed by atoms with Crippen LogP contribution in [0.2, 0.25) is 0 Å². The van der Waals surface area contributed by atoms with Gasteiger partial charge in [0.05, 0.1) is 6.54 Å². The van der Waals surface area contributed by atoms with Gasteiger partial charge in [-0.05, 0) is 38.5 Å². The summed E-state index contributed by atoms with van der Waals surface area (Å²) in [6, 6.07) is 5.88. The lowest BCUT2D eigenvalue weighted by Gasteiger charge is -2.25. The van der Waals surface area contributed by atoms with Crippen molar-refractivity contribution in [2.45, 2.75) is 39.2 Å². The Labute approximate surface area is 108 Å². The molecule has 0 aliphatic heterocycles. The lowest BCUT2D eigenvalue weighted by Crippen LogP contribution is -2.43. The summed E-state index contributed by atoms with van der Waals surface area (Å²) in [4.78, 5) is 11.7. The molecule has 4 heteroatoms. The summed E-state index contributed by atoms with van der Waals surface area (Å²) >= 11 is 0. The van der Waals surface area contributed by atoms with Gasteiger partial charge < -0.3 is 10.6 Å². The Bertz CT molecular complexity index is 405. The molecule has 1 aromatic rings. The zero-order valence-electron chi connectivity index (χ0n) is 11.2. The molecule has 18 heavy (non-hydrogen) atoms. The minimum absolute atomic E-state index is 0.0615. The fourth-order valence-electron chi connectivity index (χ4n) is 1.80. The second kappa shape index (κ2) is 6.50. The quantitative estimate of drug-likeness (QED) is 0.817. The van der Waals surface area contributed by atoms with E-state index < -0.39 is 0 Å². The van der Waals surface area contributed by atoms with Gasteiger partial charge in [-0.15, -0.1) is 0 Å². The third kappa shape index (κ3) is 5.27. The van der Waals surface area contributed by atoms with Crippen molar-refractivity contribution in [3.63, 3.8) is 0 Å². The molecule has 3 nitrogen and oxygen atoms in total. The predicted molar refractivity (Wildman–Crippen MR) is 72.0 cm³/mol. The van der Waals surface area contributed by atoms with Crippen molar-refractivity contribution >= 4 is 11.6 Å². The highest BCUT2D eigenvalue weighted by Crippen LogP contribution is 2.11. The number of hydrogen-bond donors (Lipinski definition) is 2. The lowest BCUT2D eigenvalue weighted by molar-refractivity contribution is -0.115. The highest BCUT2D eigenvalue weighted by atomic mass is 19.1. The first-order chi connectivity index (χ1) is 8.43. The second-order valence-electron chi connectivity index (χ2n) is 5.05. The zero-order chi connectivity index (χ0) is 13.6. The Balaban J connectivity index is 2.43. The third-order valence-electron chi connectivity index (χ3n) is 2.71. The highest BCUT2D eigenvalue weighted by Gasteiger charge is 2.16. The third-order valence-corrected chi connectivity index (χ3v) is 2.71. The standard InChI is InChI=1S/C14H21FN2O/c1-4-8-14(2,3)16-10-13(18)17-12-7-5-6-11(15)9-12/h5-7,9,16H,4,8,10H2,1-3H3,(H,17,18). The van der Waals surface area contributed by atoms with Crippen LogP contribution in [0, 0.1) is 5.82 Å². The predicted octanol–water partition coefficient (Wildman–Crippen LogP) is 2.93. The number of benzene rings is 1. The highest BCUT2D eigenvalue weighted by molar-refractivity contribution is 5.92. The van der Waals surface area contributed by atoms with Gasteiger partial charge in [0.25, 0.3) is 0 Å². The molecule has 0 bridgehead atoms. The molecule has 2 N–H and O–H groups in total.